The zero-order chi connectivity index (χ0) is 8.72. The van der Waals surface area contributed by atoms with E-state index in [1.54, 1.807) is 27.7 Å². The average Bonchev–Trinajstić information content (AvgIpc) is 2.53. The molecule has 0 unspecified atom stereocenters. The zero-order valence-electron chi connectivity index (χ0n) is 6.51. The Morgan fingerprint density at radius 2 is 2.33 bits per heavy atom. The molecular weight excluding hydrogens is 158 g/mol. The number of aromatic nitrogens is 3. The Morgan fingerprint density at radius 3 is 3.00 bits per heavy atom. The fourth-order valence-electron chi connectivity index (χ4n) is 1.22. The largest absolute Gasteiger partial charge is 0.464 e. The number of carbonyl (C=O) groups is 1. The van der Waals surface area contributed by atoms with Crippen LogP contribution in [0.5, 0.6) is 0 Å². The molecule has 0 atom stereocenters. The molecule has 2 aromatic heterocycles. The minimum absolute atomic E-state index is 0.644. The molecule has 5 nitrogen and oxygen atoms in total. The highest BCUT2D eigenvalue weighted by Crippen LogP contribution is 2.01. The molecule has 0 radical (unpaired) electrons. The molecule has 0 saturated carbocycles. The Bertz CT molecular complexity index is 440. The molecule has 0 fully saturated rings. The third kappa shape index (κ3) is 0.730. The van der Waals surface area contributed by atoms with Crippen molar-refractivity contribution in [1.82, 2.24) is 9.08 Å². The summed E-state index contributed by atoms with van der Waals surface area (Å²) in [5.74, 6) is 0. The van der Waals surface area contributed by atoms with Crippen LogP contribution in [-0.2, 0) is 7.05 Å². The second-order valence-corrected chi connectivity index (χ2v) is 2.54. The van der Waals surface area contributed by atoms with Gasteiger partial charge in [0.2, 0.25) is 0 Å². The van der Waals surface area contributed by atoms with Gasteiger partial charge >= 0.3 is 6.09 Å². The van der Waals surface area contributed by atoms with E-state index in [9.17, 15) is 4.79 Å². The van der Waals surface area contributed by atoms with Crippen molar-refractivity contribution in [2.45, 2.75) is 0 Å². The zero-order valence-corrected chi connectivity index (χ0v) is 6.51. The highest BCUT2D eigenvalue weighted by atomic mass is 16.4. The molecule has 5 heteroatoms. The number of fused-ring (bicyclic) bond motifs is 1. The Hall–Kier alpha value is -1.78. The lowest BCUT2D eigenvalue weighted by Gasteiger charge is -1.89. The van der Waals surface area contributed by atoms with Gasteiger partial charge in [-0.05, 0) is 0 Å². The number of carboxylic acid groups (broad SMARTS) is 1. The third-order valence-electron chi connectivity index (χ3n) is 1.82. The summed E-state index contributed by atoms with van der Waals surface area (Å²) in [6.45, 7) is 0. The van der Waals surface area contributed by atoms with Crippen LogP contribution in [-0.4, -0.2) is 20.3 Å². The monoisotopic (exact) mass is 166 g/mol. The van der Waals surface area contributed by atoms with E-state index >= 15 is 0 Å². The Labute approximate surface area is 68.1 Å². The number of nitrogens with zero attached hydrogens (tertiary/aromatic N) is 3. The molecule has 2 rings (SSSR count). The molecule has 12 heavy (non-hydrogen) atoms. The van der Waals surface area contributed by atoms with E-state index in [-0.39, 0.29) is 0 Å². The fraction of sp³-hybridized carbons (Fsp3) is 0.143. The topological polar surface area (TPSA) is 50.5 Å². The van der Waals surface area contributed by atoms with Gasteiger partial charge in [-0.15, -0.1) is 9.20 Å². The number of aryl methyl sites for hydroxylation is 1. The van der Waals surface area contributed by atoms with E-state index in [1.165, 1.54) is 10.8 Å². The molecule has 0 spiro atoms. The molecule has 2 aromatic rings. The summed E-state index contributed by atoms with van der Waals surface area (Å²) >= 11 is 0. The molecule has 2 heterocycles. The van der Waals surface area contributed by atoms with Crippen LogP contribution < -0.4 is 4.68 Å². The lowest BCUT2D eigenvalue weighted by molar-refractivity contribution is -0.737. The lowest BCUT2D eigenvalue weighted by Crippen LogP contribution is -2.32. The SMILES string of the molecule is C[n+]1ccc2n(C(=O)O)ccn21. The van der Waals surface area contributed by atoms with Crippen LogP contribution >= 0.6 is 0 Å². The van der Waals surface area contributed by atoms with Gasteiger partial charge in [-0.25, -0.2) is 9.36 Å². The molecule has 0 aliphatic heterocycles. The molecule has 62 valence electrons. The quantitative estimate of drug-likeness (QED) is 0.564. The highest BCUT2D eigenvalue weighted by Gasteiger charge is 2.11. The summed E-state index contributed by atoms with van der Waals surface area (Å²) < 4.78 is 4.71. The lowest BCUT2D eigenvalue weighted by atomic mass is 10.7. The first kappa shape index (κ1) is 6.90. The summed E-state index contributed by atoms with van der Waals surface area (Å²) in [5, 5.41) is 8.72. The van der Waals surface area contributed by atoms with E-state index in [0.29, 0.717) is 5.65 Å². The van der Waals surface area contributed by atoms with Crippen LogP contribution in [0.25, 0.3) is 5.65 Å². The minimum Gasteiger partial charge on any atom is -0.464 e. The van der Waals surface area contributed by atoms with Gasteiger partial charge in [-0.3, -0.25) is 0 Å². The first-order valence-corrected chi connectivity index (χ1v) is 3.48. The molecule has 0 saturated heterocycles. The van der Waals surface area contributed by atoms with E-state index < -0.39 is 6.09 Å². The van der Waals surface area contributed by atoms with Gasteiger partial charge in [0.05, 0.1) is 12.3 Å². The normalized spacial score (nSPS) is 10.8. The van der Waals surface area contributed by atoms with E-state index in [0.717, 1.165) is 0 Å². The number of rotatable bonds is 0. The summed E-state index contributed by atoms with van der Waals surface area (Å²) in [7, 11) is 1.85. The van der Waals surface area contributed by atoms with Crippen molar-refractivity contribution in [2.75, 3.05) is 0 Å². The molecule has 0 bridgehead atoms. The van der Waals surface area contributed by atoms with Gasteiger partial charge < -0.3 is 5.11 Å². The van der Waals surface area contributed by atoms with Gasteiger partial charge in [-0.1, -0.05) is 0 Å². The van der Waals surface area contributed by atoms with E-state index in [4.69, 9.17) is 5.11 Å². The van der Waals surface area contributed by atoms with Crippen molar-refractivity contribution in [3.63, 3.8) is 0 Å². The van der Waals surface area contributed by atoms with Gasteiger partial charge in [0.15, 0.2) is 18.9 Å². The molecule has 0 aliphatic rings. The van der Waals surface area contributed by atoms with Crippen molar-refractivity contribution in [2.24, 2.45) is 7.05 Å². The summed E-state index contributed by atoms with van der Waals surface area (Å²) in [4.78, 5) is 10.6. The first-order valence-electron chi connectivity index (χ1n) is 3.48. The van der Waals surface area contributed by atoms with E-state index in [2.05, 4.69) is 0 Å². The summed E-state index contributed by atoms with van der Waals surface area (Å²) in [6, 6.07) is 1.74. The maximum absolute atomic E-state index is 10.6. The first-order chi connectivity index (χ1) is 5.70. The Balaban J connectivity index is 2.79. The van der Waals surface area contributed by atoms with Crippen LogP contribution in [0.3, 0.4) is 0 Å². The van der Waals surface area contributed by atoms with Gasteiger partial charge in [0.1, 0.15) is 0 Å². The van der Waals surface area contributed by atoms with Crippen molar-refractivity contribution < 1.29 is 14.6 Å². The Morgan fingerprint density at radius 1 is 1.58 bits per heavy atom. The predicted molar refractivity (Wildman–Crippen MR) is 40.0 cm³/mol. The van der Waals surface area contributed by atoms with Gasteiger partial charge in [0.25, 0.3) is 0 Å². The molecule has 0 aromatic carbocycles. The standard InChI is InChI=1S/C7H7N3O2/c1-8-3-2-6-9(7(11)12)4-5-10(6)8/h2-5H,1H3/p+1. The number of hydrogen-bond donors (Lipinski definition) is 1. The molecule has 0 amide bonds. The van der Waals surface area contributed by atoms with Gasteiger partial charge in [-0.2, -0.15) is 0 Å². The predicted octanol–water partition coefficient (Wildman–Crippen LogP) is 0.0914. The molecule has 0 aliphatic carbocycles. The van der Waals surface area contributed by atoms with Crippen molar-refractivity contribution in [3.05, 3.63) is 24.7 Å². The Kier molecular flexibility index (Phi) is 1.21. The maximum Gasteiger partial charge on any atom is 0.417 e. The minimum atomic E-state index is -0.969. The van der Waals surface area contributed by atoms with Crippen LogP contribution in [0.15, 0.2) is 24.7 Å². The van der Waals surface area contributed by atoms with Crippen molar-refractivity contribution in [1.29, 1.82) is 0 Å². The highest BCUT2D eigenvalue weighted by molar-refractivity contribution is 5.73. The van der Waals surface area contributed by atoms with Crippen LogP contribution in [0, 0.1) is 0 Å². The molecular formula is C7H8N3O2+. The van der Waals surface area contributed by atoms with Crippen LogP contribution in [0.4, 0.5) is 4.79 Å². The molecule has 1 N–H and O–H groups in total. The van der Waals surface area contributed by atoms with Crippen LogP contribution in [0.2, 0.25) is 0 Å². The average molecular weight is 166 g/mol. The maximum atomic E-state index is 10.6. The number of imidazole rings is 1. The summed E-state index contributed by atoms with van der Waals surface area (Å²) in [5.41, 5.74) is 0.644. The number of hydrogen-bond acceptors (Lipinski definition) is 1. The van der Waals surface area contributed by atoms with E-state index in [1.807, 2.05) is 7.05 Å². The second-order valence-electron chi connectivity index (χ2n) is 2.54. The van der Waals surface area contributed by atoms with Crippen molar-refractivity contribution >= 4 is 11.7 Å². The van der Waals surface area contributed by atoms with Crippen LogP contribution in [0.1, 0.15) is 0 Å². The second kappa shape index (κ2) is 2.10. The third-order valence-corrected chi connectivity index (χ3v) is 1.82. The fourth-order valence-corrected chi connectivity index (χ4v) is 1.22. The van der Waals surface area contributed by atoms with Crippen molar-refractivity contribution in [3.8, 4) is 0 Å². The smallest absolute Gasteiger partial charge is 0.417 e. The van der Waals surface area contributed by atoms with Gasteiger partial charge in [0, 0.05) is 6.20 Å². The summed E-state index contributed by atoms with van der Waals surface area (Å²) in [6.07, 6.45) is 4.04.